The van der Waals surface area contributed by atoms with E-state index in [0.29, 0.717) is 54.5 Å². The summed E-state index contributed by atoms with van der Waals surface area (Å²) in [5.74, 6) is 0.268. The first-order valence-electron chi connectivity index (χ1n) is 11.7. The minimum absolute atomic E-state index is 0.139. The van der Waals surface area contributed by atoms with Gasteiger partial charge in [0.05, 0.1) is 28.5 Å². The minimum atomic E-state index is -2.95. The number of carbonyl (C=O) groups is 1. The predicted molar refractivity (Wildman–Crippen MR) is 136 cm³/mol. The van der Waals surface area contributed by atoms with E-state index >= 15 is 0 Å². The van der Waals surface area contributed by atoms with Crippen molar-refractivity contribution < 1.29 is 17.6 Å². The van der Waals surface area contributed by atoms with Crippen LogP contribution in [-0.4, -0.2) is 81.5 Å². The predicted octanol–water partition coefficient (Wildman–Crippen LogP) is 1.84. The van der Waals surface area contributed by atoms with Crippen LogP contribution in [0.4, 0.5) is 15.9 Å². The van der Waals surface area contributed by atoms with E-state index in [9.17, 15) is 17.6 Å². The quantitative estimate of drug-likeness (QED) is 0.371. The van der Waals surface area contributed by atoms with Gasteiger partial charge in [0.15, 0.2) is 15.7 Å². The van der Waals surface area contributed by atoms with Crippen molar-refractivity contribution in [2.75, 3.05) is 43.0 Å². The van der Waals surface area contributed by atoms with E-state index in [2.05, 4.69) is 30.7 Å². The molecule has 37 heavy (non-hydrogen) atoms. The van der Waals surface area contributed by atoms with Gasteiger partial charge in [-0.25, -0.2) is 27.3 Å². The minimum Gasteiger partial charge on any atom is -0.351 e. The van der Waals surface area contributed by atoms with E-state index in [4.69, 9.17) is 0 Å². The van der Waals surface area contributed by atoms with Gasteiger partial charge in [-0.15, -0.1) is 5.10 Å². The lowest BCUT2D eigenvalue weighted by atomic mass is 10.2. The van der Waals surface area contributed by atoms with Crippen LogP contribution < -0.4 is 10.6 Å². The Bertz CT molecular complexity index is 1560. The Morgan fingerprint density at radius 1 is 1.14 bits per heavy atom. The molecule has 192 valence electrons. The monoisotopic (exact) mass is 524 g/mol. The highest BCUT2D eigenvalue weighted by Crippen LogP contribution is 2.25. The van der Waals surface area contributed by atoms with E-state index in [1.807, 2.05) is 17.0 Å². The van der Waals surface area contributed by atoms with Gasteiger partial charge in [0.2, 0.25) is 5.82 Å². The zero-order valence-electron chi connectivity index (χ0n) is 20.1. The van der Waals surface area contributed by atoms with E-state index in [0.717, 1.165) is 0 Å². The van der Waals surface area contributed by atoms with Crippen molar-refractivity contribution in [2.45, 2.75) is 6.92 Å². The number of amides is 1. The maximum Gasteiger partial charge on any atom is 0.255 e. The molecule has 0 saturated carbocycles. The van der Waals surface area contributed by atoms with Crippen LogP contribution in [0.3, 0.4) is 0 Å². The molecule has 0 radical (unpaired) electrons. The normalized spacial score (nSPS) is 15.5. The summed E-state index contributed by atoms with van der Waals surface area (Å²) in [6, 6.07) is 8.15. The highest BCUT2D eigenvalue weighted by atomic mass is 32.2. The molecule has 1 fully saturated rings. The molecule has 4 aromatic heterocycles. The Morgan fingerprint density at radius 3 is 2.73 bits per heavy atom. The largest absolute Gasteiger partial charge is 0.351 e. The van der Waals surface area contributed by atoms with E-state index in [1.165, 1.54) is 18.3 Å². The molecule has 0 bridgehead atoms. The molecule has 1 aliphatic rings. The second kappa shape index (κ2) is 10.2. The van der Waals surface area contributed by atoms with Crippen LogP contribution in [0.25, 0.3) is 17.0 Å². The lowest BCUT2D eigenvalue weighted by Gasteiger charge is -2.26. The first kappa shape index (κ1) is 24.7. The number of nitrogens with zero attached hydrogens (tertiary/aromatic N) is 6. The van der Waals surface area contributed by atoms with Gasteiger partial charge in [0.25, 0.3) is 5.91 Å². The molecular formula is C24H25FN8O3S. The van der Waals surface area contributed by atoms with Gasteiger partial charge in [-0.3, -0.25) is 14.7 Å². The Balaban J connectivity index is 1.34. The SMILES string of the molecule is Cc1nc(-c2nc(Nc3ccncc3C(=O)NCCN3CCS(=O)(=O)CC3)c3cccn3n2)ccc1F. The number of pyridine rings is 2. The number of carbonyl (C=O) groups excluding carboxylic acids is 1. The maximum absolute atomic E-state index is 13.7. The Kier molecular flexibility index (Phi) is 6.80. The van der Waals surface area contributed by atoms with E-state index in [-0.39, 0.29) is 28.9 Å². The number of sulfone groups is 1. The van der Waals surface area contributed by atoms with Crippen LogP contribution in [0, 0.1) is 12.7 Å². The highest BCUT2D eigenvalue weighted by molar-refractivity contribution is 7.91. The Morgan fingerprint density at radius 2 is 1.95 bits per heavy atom. The summed E-state index contributed by atoms with van der Waals surface area (Å²) in [5, 5.41) is 10.6. The van der Waals surface area contributed by atoms with Gasteiger partial charge < -0.3 is 10.6 Å². The van der Waals surface area contributed by atoms with Crippen LogP contribution in [0.15, 0.2) is 48.9 Å². The first-order chi connectivity index (χ1) is 17.8. The van der Waals surface area contributed by atoms with Crippen molar-refractivity contribution in [3.05, 3.63) is 66.0 Å². The lowest BCUT2D eigenvalue weighted by molar-refractivity contribution is 0.0949. The molecule has 4 aromatic rings. The fourth-order valence-electron chi connectivity index (χ4n) is 4.01. The second-order valence-electron chi connectivity index (χ2n) is 8.68. The molecular weight excluding hydrogens is 499 g/mol. The van der Waals surface area contributed by atoms with Crippen LogP contribution in [0.1, 0.15) is 16.1 Å². The number of anilines is 2. The molecule has 0 unspecified atom stereocenters. The summed E-state index contributed by atoms with van der Waals surface area (Å²) in [6.07, 6.45) is 4.79. The molecule has 1 saturated heterocycles. The van der Waals surface area contributed by atoms with Crippen LogP contribution in [0.5, 0.6) is 0 Å². The Hall–Kier alpha value is -3.97. The van der Waals surface area contributed by atoms with Crippen molar-refractivity contribution in [3.8, 4) is 11.5 Å². The molecule has 5 rings (SSSR count). The molecule has 5 heterocycles. The van der Waals surface area contributed by atoms with Crippen molar-refractivity contribution in [1.82, 2.24) is 34.8 Å². The summed E-state index contributed by atoms with van der Waals surface area (Å²) < 4.78 is 38.6. The van der Waals surface area contributed by atoms with Gasteiger partial charge in [-0.2, -0.15) is 0 Å². The number of hydrogen-bond acceptors (Lipinski definition) is 9. The number of hydrogen-bond donors (Lipinski definition) is 2. The second-order valence-corrected chi connectivity index (χ2v) is 11.0. The molecule has 0 aromatic carbocycles. The summed E-state index contributed by atoms with van der Waals surface area (Å²) in [5.41, 5.74) is 2.14. The van der Waals surface area contributed by atoms with Gasteiger partial charge in [0.1, 0.15) is 17.0 Å². The third-order valence-electron chi connectivity index (χ3n) is 6.11. The number of nitrogens with one attached hydrogen (secondary N) is 2. The van der Waals surface area contributed by atoms with Gasteiger partial charge in [0, 0.05) is 44.8 Å². The van der Waals surface area contributed by atoms with Crippen molar-refractivity contribution in [1.29, 1.82) is 0 Å². The fraction of sp³-hybridized carbons (Fsp3) is 0.292. The maximum atomic E-state index is 13.7. The standard InChI is InChI=1S/C24H25FN8O3S/c1-16-18(25)4-5-20(28-16)22-30-23(21-3-2-9-33(21)31-22)29-19-6-7-26-15-17(19)24(34)27-8-10-32-11-13-37(35,36)14-12-32/h2-7,9,15H,8,10-14H2,1H3,(H,27,34)(H,26,29,30,31). The number of rotatable bonds is 7. The van der Waals surface area contributed by atoms with Crippen molar-refractivity contribution in [2.24, 2.45) is 0 Å². The summed E-state index contributed by atoms with van der Waals surface area (Å²) >= 11 is 0. The third kappa shape index (κ3) is 5.57. The molecule has 0 spiro atoms. The molecule has 11 nitrogen and oxygen atoms in total. The van der Waals surface area contributed by atoms with Gasteiger partial charge >= 0.3 is 0 Å². The highest BCUT2D eigenvalue weighted by Gasteiger charge is 2.21. The Labute approximate surface area is 212 Å². The molecule has 0 atom stereocenters. The van der Waals surface area contributed by atoms with Crippen LogP contribution in [0.2, 0.25) is 0 Å². The zero-order valence-corrected chi connectivity index (χ0v) is 20.9. The van der Waals surface area contributed by atoms with Crippen molar-refractivity contribution in [3.63, 3.8) is 0 Å². The summed E-state index contributed by atoms with van der Waals surface area (Å²) in [7, 11) is -2.95. The van der Waals surface area contributed by atoms with E-state index < -0.39 is 15.7 Å². The van der Waals surface area contributed by atoms with E-state index in [1.54, 1.807) is 29.9 Å². The fourth-order valence-corrected chi connectivity index (χ4v) is 5.29. The van der Waals surface area contributed by atoms with Crippen molar-refractivity contribution >= 4 is 32.8 Å². The average molecular weight is 525 g/mol. The third-order valence-corrected chi connectivity index (χ3v) is 7.72. The number of halogens is 1. The lowest BCUT2D eigenvalue weighted by Crippen LogP contribution is -2.43. The zero-order chi connectivity index (χ0) is 26.0. The van der Waals surface area contributed by atoms with Crippen LogP contribution in [-0.2, 0) is 9.84 Å². The summed E-state index contributed by atoms with van der Waals surface area (Å²) in [4.78, 5) is 28.0. The number of aryl methyl sites for hydroxylation is 1. The van der Waals surface area contributed by atoms with Gasteiger partial charge in [-0.1, -0.05) is 0 Å². The molecule has 13 heteroatoms. The molecule has 2 N–H and O–H groups in total. The topological polar surface area (TPSA) is 134 Å². The molecule has 1 amide bonds. The number of aromatic nitrogens is 5. The van der Waals surface area contributed by atoms with Gasteiger partial charge in [-0.05, 0) is 37.3 Å². The molecule has 0 aliphatic carbocycles. The first-order valence-corrected chi connectivity index (χ1v) is 13.5. The number of fused-ring (bicyclic) bond motifs is 1. The molecule has 1 aliphatic heterocycles. The smallest absolute Gasteiger partial charge is 0.255 e. The average Bonchev–Trinajstić information content (AvgIpc) is 3.36. The summed E-state index contributed by atoms with van der Waals surface area (Å²) in [6.45, 7) is 3.41. The van der Waals surface area contributed by atoms with Crippen LogP contribution >= 0.6 is 0 Å².